The number of anilines is 4. The number of nitrogens with one attached hydrogen (secondary N) is 2. The smallest absolute Gasteiger partial charge is 0.490 e. The van der Waals surface area contributed by atoms with E-state index in [1.54, 1.807) is 19.9 Å². The zero-order valence-corrected chi connectivity index (χ0v) is 25.5. The van der Waals surface area contributed by atoms with Crippen molar-refractivity contribution in [1.29, 1.82) is 0 Å². The zero-order chi connectivity index (χ0) is 35.5. The molecule has 4 rings (SSSR count). The molecule has 0 saturated carbocycles. The molecule has 1 aliphatic heterocycles. The van der Waals surface area contributed by atoms with E-state index in [-0.39, 0.29) is 48.0 Å². The van der Waals surface area contributed by atoms with Crippen LogP contribution in [0.4, 0.5) is 49.5 Å². The van der Waals surface area contributed by atoms with Crippen LogP contribution in [0.1, 0.15) is 53.7 Å². The first-order chi connectivity index (χ1) is 21.7. The van der Waals surface area contributed by atoms with Gasteiger partial charge in [-0.2, -0.15) is 31.3 Å². The molecule has 0 fully saturated rings. The number of alkyl halides is 6. The third kappa shape index (κ3) is 7.93. The Labute approximate surface area is 262 Å². The quantitative estimate of drug-likeness (QED) is 0.0849. The van der Waals surface area contributed by atoms with Crippen LogP contribution >= 0.6 is 7.60 Å². The zero-order valence-electron chi connectivity index (χ0n) is 24.6. The van der Waals surface area contributed by atoms with Crippen molar-refractivity contribution in [1.82, 2.24) is 15.0 Å². The van der Waals surface area contributed by atoms with Gasteiger partial charge in [-0.05, 0) is 42.2 Å². The van der Waals surface area contributed by atoms with Crippen LogP contribution in [0.2, 0.25) is 0 Å². The van der Waals surface area contributed by atoms with Crippen LogP contribution in [0.5, 0.6) is 5.75 Å². The fourth-order valence-corrected chi connectivity index (χ4v) is 6.07. The number of amides is 1. The number of carbonyl (C=O) groups excluding carboxylic acids is 1. The summed E-state index contributed by atoms with van der Waals surface area (Å²) >= 11 is 0. The monoisotopic (exact) mass is 695 g/mol. The van der Waals surface area contributed by atoms with Crippen LogP contribution in [-0.4, -0.2) is 60.3 Å². The summed E-state index contributed by atoms with van der Waals surface area (Å²) in [5.41, 5.74) is -0.164. The third-order valence-corrected chi connectivity index (χ3v) is 9.23. The van der Waals surface area contributed by atoms with Crippen molar-refractivity contribution in [3.05, 3.63) is 64.8 Å². The Kier molecular flexibility index (Phi) is 10.8. The summed E-state index contributed by atoms with van der Waals surface area (Å²) in [6.45, 7) is 3.22. The number of hydroxylamine groups is 2. The first-order valence-electron chi connectivity index (χ1n) is 13.3. The van der Waals surface area contributed by atoms with Gasteiger partial charge in [0, 0.05) is 6.20 Å². The number of carboxylic acids is 1. The maximum absolute atomic E-state index is 13.8. The summed E-state index contributed by atoms with van der Waals surface area (Å²) in [4.78, 5) is 49.2. The van der Waals surface area contributed by atoms with Crippen LogP contribution < -0.4 is 15.4 Å². The Morgan fingerprint density at radius 2 is 1.66 bits per heavy atom. The molecule has 0 atom stereocenters. The molecule has 13 nitrogen and oxygen atoms in total. The molecule has 0 bridgehead atoms. The van der Waals surface area contributed by atoms with E-state index in [4.69, 9.17) is 14.6 Å². The highest BCUT2D eigenvalue weighted by atomic mass is 31.2. The van der Waals surface area contributed by atoms with E-state index < -0.39 is 48.4 Å². The Balaban J connectivity index is 0.000000771. The number of halogens is 6. The molecule has 2 aromatic carbocycles. The summed E-state index contributed by atoms with van der Waals surface area (Å²) in [6, 6.07) is 8.91. The molecule has 2 heterocycles. The van der Waals surface area contributed by atoms with Crippen molar-refractivity contribution in [2.45, 2.75) is 50.7 Å². The molecule has 6 N–H and O–H groups in total. The first kappa shape index (κ1) is 37.0. The summed E-state index contributed by atoms with van der Waals surface area (Å²) < 4.78 is 91.0. The molecule has 256 valence electrons. The van der Waals surface area contributed by atoms with E-state index in [0.29, 0.717) is 22.4 Å². The number of nitrogens with zero attached hydrogens (tertiary/aromatic N) is 3. The van der Waals surface area contributed by atoms with Gasteiger partial charge in [0.25, 0.3) is 5.91 Å². The predicted octanol–water partition coefficient (Wildman–Crippen LogP) is 6.16. The maximum atomic E-state index is 13.8. The van der Waals surface area contributed by atoms with Crippen molar-refractivity contribution in [3.63, 3.8) is 0 Å². The number of methoxy groups -OCH3 is 1. The minimum absolute atomic E-state index is 0.0175. The minimum Gasteiger partial charge on any atom is -0.495 e. The summed E-state index contributed by atoms with van der Waals surface area (Å²) in [5, 5.41) is 21.3. The fraction of sp³-hybridized carbons (Fsp3) is 0.333. The number of hydrogen-bond acceptors (Lipinski definition) is 9. The average molecular weight is 696 g/mol. The van der Waals surface area contributed by atoms with Crippen LogP contribution in [0.15, 0.2) is 42.6 Å². The number of carboxylic acid groups (broad SMARTS) is 1. The van der Waals surface area contributed by atoms with Gasteiger partial charge in [0.05, 0.1) is 35.7 Å². The van der Waals surface area contributed by atoms with Crippen molar-refractivity contribution in [2.24, 2.45) is 0 Å². The van der Waals surface area contributed by atoms with Crippen molar-refractivity contribution in [3.8, 4) is 5.75 Å². The lowest BCUT2D eigenvalue weighted by atomic mass is 9.92. The topological polar surface area (TPSA) is 194 Å². The molecule has 1 aromatic heterocycles. The van der Waals surface area contributed by atoms with Gasteiger partial charge in [0.2, 0.25) is 5.95 Å². The molecule has 0 unspecified atom stereocenters. The molecule has 1 aliphatic rings. The number of aromatic nitrogens is 2. The molecule has 20 heteroatoms. The summed E-state index contributed by atoms with van der Waals surface area (Å²) in [6.07, 6.45) is -9.03. The van der Waals surface area contributed by atoms with Crippen molar-refractivity contribution < 1.29 is 65.3 Å². The Morgan fingerprint density at radius 1 is 1.04 bits per heavy atom. The average Bonchev–Trinajstić information content (AvgIpc) is 3.26. The van der Waals surface area contributed by atoms with Crippen LogP contribution in [-0.2, 0) is 27.2 Å². The summed E-state index contributed by atoms with van der Waals surface area (Å²) in [7, 11) is -3.24. The Morgan fingerprint density at radius 3 is 2.17 bits per heavy atom. The first-order valence-corrected chi connectivity index (χ1v) is 15.0. The van der Waals surface area contributed by atoms with Crippen LogP contribution in [0, 0.1) is 0 Å². The molecule has 0 radical (unpaired) electrons. The lowest BCUT2D eigenvalue weighted by molar-refractivity contribution is -0.192. The summed E-state index contributed by atoms with van der Waals surface area (Å²) in [5.74, 6) is -4.26. The second-order valence-corrected chi connectivity index (χ2v) is 11.9. The van der Waals surface area contributed by atoms with Crippen molar-refractivity contribution in [2.75, 3.05) is 17.7 Å². The highest BCUT2D eigenvalue weighted by molar-refractivity contribution is 7.53. The Bertz CT molecular complexity index is 1690. The number of ether oxygens (including phenoxy) is 1. The highest BCUT2D eigenvalue weighted by Crippen LogP contribution is 2.61. The number of rotatable bonds is 9. The molecule has 0 saturated heterocycles. The van der Waals surface area contributed by atoms with Crippen molar-refractivity contribution >= 4 is 42.6 Å². The molecule has 47 heavy (non-hydrogen) atoms. The van der Waals surface area contributed by atoms with Gasteiger partial charge in [-0.1, -0.05) is 32.0 Å². The molecule has 0 aliphatic carbocycles. The molecule has 0 spiro atoms. The number of aliphatic carboxylic acids is 1. The van der Waals surface area contributed by atoms with E-state index >= 15 is 0 Å². The maximum Gasteiger partial charge on any atom is 0.490 e. The minimum atomic E-state index is -5.08. The number of hydrogen-bond donors (Lipinski definition) is 6. The molecular weight excluding hydrogens is 667 g/mol. The predicted molar refractivity (Wildman–Crippen MR) is 153 cm³/mol. The lowest BCUT2D eigenvalue weighted by Gasteiger charge is -2.33. The van der Waals surface area contributed by atoms with Gasteiger partial charge < -0.3 is 30.3 Å². The van der Waals surface area contributed by atoms with E-state index in [1.807, 2.05) is 0 Å². The molecule has 1 amide bonds. The van der Waals surface area contributed by atoms with Crippen LogP contribution in [0.25, 0.3) is 0 Å². The fourth-order valence-electron chi connectivity index (χ4n) is 4.77. The van der Waals surface area contributed by atoms with Gasteiger partial charge in [0.15, 0.2) is 0 Å². The van der Waals surface area contributed by atoms with Gasteiger partial charge in [-0.25, -0.2) is 14.8 Å². The lowest BCUT2D eigenvalue weighted by Crippen LogP contribution is -2.24. The molecule has 3 aromatic rings. The SMILES string of the molecule is CCC(CC)(c1ccc(Nc2ncc(C(F)(F)F)c(Nc3cccc4c3C(=O)N(O)C4)n2)c(OC)c1)P(=O)(O)O.O=C(O)C(F)(F)F. The second-order valence-electron chi connectivity index (χ2n) is 9.91. The molecular formula is C27H28F6N5O8P. The number of carbonyl (C=O) groups is 2. The van der Waals surface area contributed by atoms with Gasteiger partial charge >= 0.3 is 25.9 Å². The van der Waals surface area contributed by atoms with Gasteiger partial charge in [-0.3, -0.25) is 14.6 Å². The largest absolute Gasteiger partial charge is 0.495 e. The number of benzene rings is 2. The highest BCUT2D eigenvalue weighted by Gasteiger charge is 2.45. The van der Waals surface area contributed by atoms with E-state index in [2.05, 4.69) is 20.6 Å². The van der Waals surface area contributed by atoms with Gasteiger partial charge in [-0.15, -0.1) is 0 Å². The van der Waals surface area contributed by atoms with E-state index in [1.165, 1.54) is 37.4 Å². The van der Waals surface area contributed by atoms with E-state index in [9.17, 15) is 50.7 Å². The van der Waals surface area contributed by atoms with Gasteiger partial charge in [0.1, 0.15) is 17.1 Å². The second kappa shape index (κ2) is 13.7. The third-order valence-electron chi connectivity index (χ3n) is 7.22. The van der Waals surface area contributed by atoms with E-state index in [0.717, 1.165) is 0 Å². The Hall–Kier alpha value is -4.45. The number of fused-ring (bicyclic) bond motifs is 1. The normalized spacial score (nSPS) is 13.4. The van der Waals surface area contributed by atoms with Crippen LogP contribution in [0.3, 0.4) is 0 Å². The standard InChI is InChI=1S/C25H27F3N5O6P.C2HF3O2/c1-4-24(5-2,40(36,37)38)15-9-10-17(19(11-15)39-3)31-23-29-12-16(25(26,27)28)21(32-23)30-18-8-6-7-14-13-33(35)22(34)20(14)18;3-2(4,5)1(6)7/h6-12,35H,4-5,13H2,1-3H3,(H2,36,37,38)(H2,29,30,31,32);(H,6,7).